The largest absolute Gasteiger partial charge is 0.365 e. The number of likely N-dealkylation sites (tertiary alicyclic amines) is 1. The summed E-state index contributed by atoms with van der Waals surface area (Å²) < 4.78 is 5.52. The van der Waals surface area contributed by atoms with Crippen molar-refractivity contribution in [2.24, 2.45) is 17.6 Å². The summed E-state index contributed by atoms with van der Waals surface area (Å²) in [5.74, 6) is -0.851. The number of ether oxygens (including phenoxy) is 1. The number of hydrogen-bond donors (Lipinski definition) is 1. The molecule has 3 aliphatic rings. The number of hydrogen-bond acceptors (Lipinski definition) is 4. The van der Waals surface area contributed by atoms with Gasteiger partial charge in [0.25, 0.3) is 0 Å². The highest BCUT2D eigenvalue weighted by Crippen LogP contribution is 2.44. The first-order valence-corrected chi connectivity index (χ1v) is 5.54. The van der Waals surface area contributed by atoms with Crippen LogP contribution >= 0.6 is 0 Å². The number of carbonyl (C=O) groups is 2. The first kappa shape index (κ1) is 9.99. The van der Waals surface area contributed by atoms with Crippen LogP contribution in [0, 0.1) is 11.8 Å². The van der Waals surface area contributed by atoms with Gasteiger partial charge in [-0.05, 0) is 6.92 Å². The van der Waals surface area contributed by atoms with Gasteiger partial charge in [0.05, 0.1) is 24.0 Å². The molecular formula is C11H14N2O3. The monoisotopic (exact) mass is 222 g/mol. The summed E-state index contributed by atoms with van der Waals surface area (Å²) >= 11 is 0. The van der Waals surface area contributed by atoms with Crippen molar-refractivity contribution in [3.05, 3.63) is 12.2 Å². The molecule has 2 bridgehead atoms. The van der Waals surface area contributed by atoms with Gasteiger partial charge in [-0.3, -0.25) is 14.5 Å². The normalized spacial score (nSPS) is 42.0. The van der Waals surface area contributed by atoms with E-state index in [1.54, 1.807) is 6.92 Å². The molecular weight excluding hydrogens is 208 g/mol. The molecule has 2 N–H and O–H groups in total. The Morgan fingerprint density at radius 3 is 2.25 bits per heavy atom. The Bertz CT molecular complexity index is 361. The zero-order valence-electron chi connectivity index (χ0n) is 9.00. The van der Waals surface area contributed by atoms with Crippen LogP contribution in [0.4, 0.5) is 0 Å². The van der Waals surface area contributed by atoms with Gasteiger partial charge in [-0.15, -0.1) is 0 Å². The number of nitrogens with two attached hydrogens (primary N) is 1. The van der Waals surface area contributed by atoms with Gasteiger partial charge >= 0.3 is 0 Å². The minimum absolute atomic E-state index is 0.121. The van der Waals surface area contributed by atoms with Crippen LogP contribution in [0.5, 0.6) is 0 Å². The summed E-state index contributed by atoms with van der Waals surface area (Å²) in [4.78, 5) is 25.4. The maximum absolute atomic E-state index is 12.1. The number of rotatable bonds is 2. The van der Waals surface area contributed by atoms with E-state index in [0.717, 1.165) is 0 Å². The number of fused-ring (bicyclic) bond motifs is 5. The zero-order valence-corrected chi connectivity index (χ0v) is 9.00. The van der Waals surface area contributed by atoms with E-state index in [-0.39, 0.29) is 41.9 Å². The van der Waals surface area contributed by atoms with Gasteiger partial charge < -0.3 is 10.5 Å². The average Bonchev–Trinajstić information content (AvgIpc) is 2.87. The van der Waals surface area contributed by atoms with Gasteiger partial charge in [0.15, 0.2) is 0 Å². The van der Waals surface area contributed by atoms with E-state index in [0.29, 0.717) is 6.54 Å². The predicted molar refractivity (Wildman–Crippen MR) is 55.2 cm³/mol. The molecule has 16 heavy (non-hydrogen) atoms. The Hall–Kier alpha value is -1.20. The van der Waals surface area contributed by atoms with Crippen LogP contribution in [0.1, 0.15) is 6.92 Å². The third-order valence-electron chi connectivity index (χ3n) is 3.47. The van der Waals surface area contributed by atoms with Crippen LogP contribution in [0.2, 0.25) is 0 Å². The van der Waals surface area contributed by atoms with Crippen molar-refractivity contribution in [3.63, 3.8) is 0 Å². The van der Waals surface area contributed by atoms with Crippen molar-refractivity contribution >= 4 is 11.8 Å². The Morgan fingerprint density at radius 1 is 1.31 bits per heavy atom. The molecule has 3 heterocycles. The van der Waals surface area contributed by atoms with E-state index in [9.17, 15) is 9.59 Å². The number of nitrogens with zero attached hydrogens (tertiary/aromatic N) is 1. The molecule has 2 fully saturated rings. The Kier molecular flexibility index (Phi) is 1.96. The third kappa shape index (κ3) is 1.13. The van der Waals surface area contributed by atoms with Gasteiger partial charge in [0.1, 0.15) is 0 Å². The quantitative estimate of drug-likeness (QED) is 0.494. The molecule has 5 atom stereocenters. The summed E-state index contributed by atoms with van der Waals surface area (Å²) in [5, 5.41) is 0. The fourth-order valence-corrected chi connectivity index (χ4v) is 2.83. The Balaban J connectivity index is 1.89. The lowest BCUT2D eigenvalue weighted by molar-refractivity contribution is -0.142. The minimum Gasteiger partial charge on any atom is -0.365 e. The van der Waals surface area contributed by atoms with E-state index in [1.165, 1.54) is 4.90 Å². The van der Waals surface area contributed by atoms with Crippen molar-refractivity contribution in [2.75, 3.05) is 6.54 Å². The lowest BCUT2D eigenvalue weighted by Crippen LogP contribution is -2.41. The summed E-state index contributed by atoms with van der Waals surface area (Å²) in [6.07, 6.45) is 3.35. The lowest BCUT2D eigenvalue weighted by atomic mass is 9.85. The van der Waals surface area contributed by atoms with E-state index in [4.69, 9.17) is 10.5 Å². The number of amides is 2. The summed E-state index contributed by atoms with van der Waals surface area (Å²) in [7, 11) is 0. The average molecular weight is 222 g/mol. The van der Waals surface area contributed by atoms with Crippen molar-refractivity contribution in [3.8, 4) is 0 Å². The van der Waals surface area contributed by atoms with Gasteiger partial charge in [-0.1, -0.05) is 12.2 Å². The van der Waals surface area contributed by atoms with Gasteiger partial charge in [0.2, 0.25) is 11.8 Å². The highest BCUT2D eigenvalue weighted by atomic mass is 16.5. The van der Waals surface area contributed by atoms with Crippen molar-refractivity contribution < 1.29 is 14.3 Å². The van der Waals surface area contributed by atoms with Gasteiger partial charge in [-0.25, -0.2) is 0 Å². The molecule has 5 heteroatoms. The highest BCUT2D eigenvalue weighted by molar-refractivity contribution is 6.06. The molecule has 5 nitrogen and oxygen atoms in total. The van der Waals surface area contributed by atoms with E-state index >= 15 is 0 Å². The molecule has 0 saturated carbocycles. The standard InChI is InChI=1S/C11H14N2O3/c1-5(12)4-13-10(14)8-6-2-3-7(16-6)9(8)11(13)15/h2-3,5-9H,4,12H2,1H3/t5-,6?,7?,8?,9?/m0/s1. The molecule has 0 aromatic carbocycles. The molecule has 0 aliphatic carbocycles. The van der Waals surface area contributed by atoms with Crippen LogP contribution in [-0.4, -0.2) is 41.5 Å². The van der Waals surface area contributed by atoms with Crippen molar-refractivity contribution in [1.29, 1.82) is 0 Å². The first-order chi connectivity index (χ1) is 7.59. The topological polar surface area (TPSA) is 72.6 Å². The molecule has 0 spiro atoms. The summed E-state index contributed by atoms with van der Waals surface area (Å²) in [6.45, 7) is 2.10. The number of carbonyl (C=O) groups excluding carboxylic acids is 2. The fourth-order valence-electron chi connectivity index (χ4n) is 2.83. The molecule has 2 saturated heterocycles. The molecule has 3 rings (SSSR count). The second kappa shape index (κ2) is 3.15. The zero-order chi connectivity index (χ0) is 11.4. The van der Waals surface area contributed by atoms with Crippen LogP contribution in [0.25, 0.3) is 0 Å². The fraction of sp³-hybridized carbons (Fsp3) is 0.636. The molecule has 0 aromatic rings. The van der Waals surface area contributed by atoms with E-state index in [1.807, 2.05) is 12.2 Å². The third-order valence-corrected chi connectivity index (χ3v) is 3.47. The second-order valence-electron chi connectivity index (χ2n) is 4.77. The Morgan fingerprint density at radius 2 is 1.81 bits per heavy atom. The number of imide groups is 1. The van der Waals surface area contributed by atoms with Crippen LogP contribution < -0.4 is 5.73 Å². The SMILES string of the molecule is C[C@H](N)CN1C(=O)C2C3C=CC(O3)C2C1=O. The van der Waals surface area contributed by atoms with Crippen LogP contribution in [-0.2, 0) is 14.3 Å². The van der Waals surface area contributed by atoms with E-state index in [2.05, 4.69) is 0 Å². The second-order valence-corrected chi connectivity index (χ2v) is 4.77. The molecule has 3 aliphatic heterocycles. The maximum Gasteiger partial charge on any atom is 0.236 e. The predicted octanol–water partition coefficient (Wildman–Crippen LogP) is -0.728. The van der Waals surface area contributed by atoms with Crippen LogP contribution in [0.15, 0.2) is 12.2 Å². The molecule has 0 aromatic heterocycles. The first-order valence-electron chi connectivity index (χ1n) is 5.54. The van der Waals surface area contributed by atoms with Gasteiger partial charge in [-0.2, -0.15) is 0 Å². The van der Waals surface area contributed by atoms with Crippen molar-refractivity contribution in [2.45, 2.75) is 25.2 Å². The molecule has 86 valence electrons. The molecule has 4 unspecified atom stereocenters. The summed E-state index contributed by atoms with van der Waals surface area (Å²) in [6, 6.07) is -0.182. The van der Waals surface area contributed by atoms with E-state index < -0.39 is 0 Å². The molecule has 2 amide bonds. The van der Waals surface area contributed by atoms with Crippen molar-refractivity contribution in [1.82, 2.24) is 4.90 Å². The minimum atomic E-state index is -0.304. The van der Waals surface area contributed by atoms with Crippen LogP contribution in [0.3, 0.4) is 0 Å². The molecule has 0 radical (unpaired) electrons. The Labute approximate surface area is 93.2 Å². The lowest BCUT2D eigenvalue weighted by Gasteiger charge is -2.19. The highest BCUT2D eigenvalue weighted by Gasteiger charge is 2.60. The maximum atomic E-state index is 12.1. The van der Waals surface area contributed by atoms with Gasteiger partial charge in [0, 0.05) is 12.6 Å². The summed E-state index contributed by atoms with van der Waals surface area (Å²) in [5.41, 5.74) is 5.64. The smallest absolute Gasteiger partial charge is 0.236 e.